The molecule has 0 saturated heterocycles. The average molecular weight is 536 g/mol. The minimum atomic E-state index is -0.326. The van der Waals surface area contributed by atoms with Crippen LogP contribution in [0.2, 0.25) is 5.02 Å². The minimum absolute atomic E-state index is 0.177. The third-order valence-corrected chi connectivity index (χ3v) is 5.73. The predicted molar refractivity (Wildman–Crippen MR) is 148 cm³/mol. The number of fused-ring (bicyclic) bond motifs is 1. The molecule has 0 aliphatic carbocycles. The van der Waals surface area contributed by atoms with Crippen molar-refractivity contribution in [2.45, 2.75) is 6.61 Å². The zero-order valence-electron chi connectivity index (χ0n) is 21.2. The third kappa shape index (κ3) is 6.76. The quantitative estimate of drug-likeness (QED) is 0.248. The number of likely N-dealkylation sites (N-methyl/N-ethyl adjacent to an activating group) is 1. The summed E-state index contributed by atoms with van der Waals surface area (Å²) in [6.45, 7) is 0.818. The molecule has 0 unspecified atom stereocenters. The summed E-state index contributed by atoms with van der Waals surface area (Å²) in [7, 11) is 5.36. The van der Waals surface area contributed by atoms with E-state index in [1.54, 1.807) is 48.5 Å². The lowest BCUT2D eigenvalue weighted by molar-refractivity contribution is -0.111. The molecule has 10 heteroatoms. The predicted octanol–water partition coefficient (Wildman–Crippen LogP) is 5.81. The molecule has 196 valence electrons. The maximum atomic E-state index is 13.4. The van der Waals surface area contributed by atoms with Gasteiger partial charge in [0.2, 0.25) is 5.91 Å². The highest BCUT2D eigenvalue weighted by Gasteiger charge is 2.16. The van der Waals surface area contributed by atoms with Crippen molar-refractivity contribution in [2.24, 2.45) is 0 Å². The van der Waals surface area contributed by atoms with Gasteiger partial charge in [0.05, 0.1) is 28.7 Å². The van der Waals surface area contributed by atoms with Crippen LogP contribution < -0.4 is 20.1 Å². The second kappa shape index (κ2) is 12.4. The van der Waals surface area contributed by atoms with Gasteiger partial charge in [0, 0.05) is 18.3 Å². The van der Waals surface area contributed by atoms with Crippen molar-refractivity contribution < 1.29 is 18.7 Å². The first-order valence-electron chi connectivity index (χ1n) is 11.7. The van der Waals surface area contributed by atoms with Crippen LogP contribution in [0.1, 0.15) is 5.56 Å². The number of hydrogen-bond donors (Lipinski definition) is 2. The van der Waals surface area contributed by atoms with Crippen LogP contribution in [0.4, 0.5) is 21.6 Å². The summed E-state index contributed by atoms with van der Waals surface area (Å²) >= 11 is 6.46. The minimum Gasteiger partial charge on any atom is -0.494 e. The standard InChI is InChI=1S/C28H27ClFN5O3/c1-35(2)13-5-8-25(36)34-23-11-10-22-26(27(23)37-3)28(32-17-31-22)33-20-9-12-24(21(29)15-20)38-16-18-6-4-7-19(30)14-18/h4-12,14-15,17H,13,16H2,1-3H3,(H,34,36)(H,31,32,33)/b8-5+. The molecule has 4 rings (SSSR count). The van der Waals surface area contributed by atoms with E-state index in [4.69, 9.17) is 21.1 Å². The highest BCUT2D eigenvalue weighted by atomic mass is 35.5. The summed E-state index contributed by atoms with van der Waals surface area (Å²) in [5, 5.41) is 7.06. The Balaban J connectivity index is 1.56. The third-order valence-electron chi connectivity index (χ3n) is 5.44. The van der Waals surface area contributed by atoms with Gasteiger partial charge in [-0.25, -0.2) is 14.4 Å². The van der Waals surface area contributed by atoms with E-state index in [-0.39, 0.29) is 18.3 Å². The lowest BCUT2D eigenvalue weighted by atomic mass is 10.1. The van der Waals surface area contributed by atoms with Crippen LogP contribution in [0, 0.1) is 5.82 Å². The van der Waals surface area contributed by atoms with Gasteiger partial charge in [-0.1, -0.05) is 29.8 Å². The largest absolute Gasteiger partial charge is 0.494 e. The van der Waals surface area contributed by atoms with Crippen molar-refractivity contribution in [3.05, 3.63) is 89.5 Å². The van der Waals surface area contributed by atoms with Crippen molar-refractivity contribution in [3.8, 4) is 11.5 Å². The van der Waals surface area contributed by atoms with Gasteiger partial charge in [-0.15, -0.1) is 0 Å². The van der Waals surface area contributed by atoms with Crippen molar-refractivity contribution in [2.75, 3.05) is 38.4 Å². The Hall–Kier alpha value is -4.21. The summed E-state index contributed by atoms with van der Waals surface area (Å²) in [4.78, 5) is 23.1. The molecule has 0 radical (unpaired) electrons. The number of anilines is 3. The van der Waals surface area contributed by atoms with E-state index in [9.17, 15) is 9.18 Å². The number of rotatable bonds is 10. The molecule has 0 atom stereocenters. The first-order valence-corrected chi connectivity index (χ1v) is 12.1. The van der Waals surface area contributed by atoms with Crippen molar-refractivity contribution in [1.82, 2.24) is 14.9 Å². The molecule has 2 N–H and O–H groups in total. The SMILES string of the molecule is COc1c(NC(=O)/C=C/CN(C)C)ccc2ncnc(Nc3ccc(OCc4cccc(F)c4)c(Cl)c3)c12. The lowest BCUT2D eigenvalue weighted by Gasteiger charge is -2.15. The van der Waals surface area contributed by atoms with Crippen molar-refractivity contribution >= 4 is 45.6 Å². The van der Waals surface area contributed by atoms with Gasteiger partial charge >= 0.3 is 0 Å². The number of hydrogen-bond acceptors (Lipinski definition) is 7. The highest BCUT2D eigenvalue weighted by molar-refractivity contribution is 6.32. The number of carbonyl (C=O) groups is 1. The van der Waals surface area contributed by atoms with Gasteiger partial charge in [-0.05, 0) is 62.1 Å². The fraction of sp³-hybridized carbons (Fsp3) is 0.179. The summed E-state index contributed by atoms with van der Waals surface area (Å²) in [6.07, 6.45) is 4.68. The number of methoxy groups -OCH3 is 1. The summed E-state index contributed by atoms with van der Waals surface area (Å²) < 4.78 is 24.9. The molecule has 0 aliphatic rings. The number of halogens is 2. The van der Waals surface area contributed by atoms with Crippen LogP contribution in [0.15, 0.2) is 73.1 Å². The topological polar surface area (TPSA) is 88.6 Å². The molecule has 0 bridgehead atoms. The van der Waals surface area contributed by atoms with Crippen LogP contribution in [0.25, 0.3) is 10.9 Å². The second-order valence-electron chi connectivity index (χ2n) is 8.61. The summed E-state index contributed by atoms with van der Waals surface area (Å²) in [6, 6.07) is 14.9. The zero-order valence-corrected chi connectivity index (χ0v) is 21.9. The Bertz CT molecular complexity index is 1480. The zero-order chi connectivity index (χ0) is 27.1. The molecular formula is C28H27ClFN5O3. The number of carbonyl (C=O) groups excluding carboxylic acids is 1. The number of benzene rings is 3. The van der Waals surface area contributed by atoms with E-state index >= 15 is 0 Å². The second-order valence-corrected chi connectivity index (χ2v) is 9.01. The van der Waals surface area contributed by atoms with Crippen LogP contribution in [0.5, 0.6) is 11.5 Å². The van der Waals surface area contributed by atoms with Gasteiger partial charge < -0.3 is 25.0 Å². The molecule has 1 amide bonds. The Kier molecular flexibility index (Phi) is 8.73. The van der Waals surface area contributed by atoms with Gasteiger partial charge in [-0.3, -0.25) is 4.79 Å². The molecule has 38 heavy (non-hydrogen) atoms. The number of nitrogens with one attached hydrogen (secondary N) is 2. The van der Waals surface area contributed by atoms with E-state index in [2.05, 4.69) is 20.6 Å². The van der Waals surface area contributed by atoms with Gasteiger partial charge in [0.1, 0.15) is 30.3 Å². The van der Waals surface area contributed by atoms with E-state index in [0.29, 0.717) is 56.7 Å². The van der Waals surface area contributed by atoms with E-state index in [0.717, 1.165) is 0 Å². The summed E-state index contributed by atoms with van der Waals surface area (Å²) in [5.74, 6) is 0.736. The smallest absolute Gasteiger partial charge is 0.248 e. The number of aromatic nitrogens is 2. The lowest BCUT2D eigenvalue weighted by Crippen LogP contribution is -2.13. The first-order chi connectivity index (χ1) is 18.3. The molecule has 3 aromatic carbocycles. The molecular weight excluding hydrogens is 509 g/mol. The Morgan fingerprint density at radius 3 is 2.71 bits per heavy atom. The van der Waals surface area contributed by atoms with Gasteiger partial charge in [0.15, 0.2) is 5.75 Å². The number of nitrogens with zero attached hydrogens (tertiary/aromatic N) is 3. The maximum Gasteiger partial charge on any atom is 0.248 e. The molecule has 4 aromatic rings. The number of amides is 1. The first kappa shape index (κ1) is 26.8. The van der Waals surface area contributed by atoms with Gasteiger partial charge in [0.25, 0.3) is 0 Å². The van der Waals surface area contributed by atoms with Crippen molar-refractivity contribution in [1.29, 1.82) is 0 Å². The van der Waals surface area contributed by atoms with E-state index in [1.165, 1.54) is 31.6 Å². The number of ether oxygens (including phenoxy) is 2. The Labute approximate surface area is 225 Å². The normalized spacial score (nSPS) is 11.2. The van der Waals surface area contributed by atoms with Crippen molar-refractivity contribution in [3.63, 3.8) is 0 Å². The fourth-order valence-corrected chi connectivity index (χ4v) is 3.93. The Morgan fingerprint density at radius 2 is 1.97 bits per heavy atom. The molecule has 1 aromatic heterocycles. The van der Waals surface area contributed by atoms with Crippen LogP contribution in [0.3, 0.4) is 0 Å². The maximum absolute atomic E-state index is 13.4. The Morgan fingerprint density at radius 1 is 1.13 bits per heavy atom. The van der Waals surface area contributed by atoms with Gasteiger partial charge in [-0.2, -0.15) is 0 Å². The fourth-order valence-electron chi connectivity index (χ4n) is 3.69. The van der Waals surface area contributed by atoms with E-state index in [1.807, 2.05) is 19.0 Å². The monoisotopic (exact) mass is 535 g/mol. The molecule has 0 aliphatic heterocycles. The molecule has 0 saturated carbocycles. The molecule has 8 nitrogen and oxygen atoms in total. The molecule has 1 heterocycles. The highest BCUT2D eigenvalue weighted by Crippen LogP contribution is 2.38. The molecule has 0 fully saturated rings. The van der Waals surface area contributed by atoms with Crippen LogP contribution in [-0.4, -0.2) is 48.5 Å². The van der Waals surface area contributed by atoms with Crippen LogP contribution in [-0.2, 0) is 11.4 Å². The average Bonchev–Trinajstić information content (AvgIpc) is 2.88. The van der Waals surface area contributed by atoms with Crippen LogP contribution >= 0.6 is 11.6 Å². The summed E-state index contributed by atoms with van der Waals surface area (Å²) in [5.41, 5.74) is 2.45. The van der Waals surface area contributed by atoms with E-state index < -0.39 is 0 Å². The molecule has 0 spiro atoms.